The van der Waals surface area contributed by atoms with Gasteiger partial charge in [0.15, 0.2) is 0 Å². The number of hydrogen-bond donors (Lipinski definition) is 0. The van der Waals surface area contributed by atoms with Gasteiger partial charge in [0.2, 0.25) is 0 Å². The van der Waals surface area contributed by atoms with Gasteiger partial charge < -0.3 is 14.2 Å². The second-order valence-electron chi connectivity index (χ2n) is 8.07. The van der Waals surface area contributed by atoms with Crippen LogP contribution in [-0.4, -0.2) is 71.1 Å². The van der Waals surface area contributed by atoms with Gasteiger partial charge in [-0.15, -0.1) is 34.8 Å². The highest BCUT2D eigenvalue weighted by Gasteiger charge is 2.34. The third-order valence-corrected chi connectivity index (χ3v) is 3.36. The van der Waals surface area contributed by atoms with E-state index in [2.05, 4.69) is 55.7 Å². The standard InChI is InChI=1S/C12H27B3Cl3N3/c1-10(2,16)7-19-13-20(8-11(3,4)17)15-21(14-19)9-12(5,6)18/h13-15H,7-9H2,1-6H3. The third kappa shape index (κ3) is 9.63. The van der Waals surface area contributed by atoms with E-state index in [1.165, 1.54) is 0 Å². The molecule has 1 aliphatic rings. The Bertz CT molecular complexity index is 281. The molecule has 0 unspecified atom stereocenters. The van der Waals surface area contributed by atoms with Crippen molar-refractivity contribution in [2.45, 2.75) is 56.2 Å². The van der Waals surface area contributed by atoms with Crippen molar-refractivity contribution in [1.29, 1.82) is 0 Å². The van der Waals surface area contributed by atoms with Crippen LogP contribution in [0.2, 0.25) is 0 Å². The van der Waals surface area contributed by atoms with Crippen molar-refractivity contribution >= 4 is 57.5 Å². The first-order valence-electron chi connectivity index (χ1n) is 7.47. The average Bonchev–Trinajstić information content (AvgIpc) is 2.06. The van der Waals surface area contributed by atoms with Crippen LogP contribution in [0.25, 0.3) is 0 Å². The monoisotopic (exact) mass is 351 g/mol. The van der Waals surface area contributed by atoms with Gasteiger partial charge in [0, 0.05) is 14.6 Å². The van der Waals surface area contributed by atoms with Crippen molar-refractivity contribution in [1.82, 2.24) is 14.2 Å². The molecule has 0 amide bonds. The summed E-state index contributed by atoms with van der Waals surface area (Å²) in [5.74, 6) is 0. The Labute approximate surface area is 147 Å². The number of rotatable bonds is 6. The molecular formula is C12H27B3Cl3N3. The topological polar surface area (TPSA) is 9.72 Å². The van der Waals surface area contributed by atoms with Crippen LogP contribution in [0.3, 0.4) is 0 Å². The summed E-state index contributed by atoms with van der Waals surface area (Å²) in [5.41, 5.74) is 0. The van der Waals surface area contributed by atoms with E-state index in [4.69, 9.17) is 34.8 Å². The van der Waals surface area contributed by atoms with Crippen molar-refractivity contribution < 1.29 is 0 Å². The fourth-order valence-corrected chi connectivity index (χ4v) is 3.38. The van der Waals surface area contributed by atoms with Crippen LogP contribution >= 0.6 is 34.8 Å². The molecule has 1 saturated heterocycles. The van der Waals surface area contributed by atoms with Crippen molar-refractivity contribution in [2.24, 2.45) is 0 Å². The highest BCUT2D eigenvalue weighted by atomic mass is 35.5. The maximum absolute atomic E-state index is 6.40. The molecule has 0 spiro atoms. The van der Waals surface area contributed by atoms with Gasteiger partial charge in [-0.05, 0) is 61.2 Å². The van der Waals surface area contributed by atoms with Crippen molar-refractivity contribution in [2.75, 3.05) is 19.6 Å². The lowest BCUT2D eigenvalue weighted by Gasteiger charge is -2.44. The predicted molar refractivity (Wildman–Crippen MR) is 101 cm³/mol. The molecule has 0 radical (unpaired) electrons. The summed E-state index contributed by atoms with van der Waals surface area (Å²) in [6, 6.07) is 0. The minimum atomic E-state index is -0.234. The third-order valence-electron chi connectivity index (χ3n) is 3.00. The zero-order chi connectivity index (χ0) is 16.5. The second-order valence-corrected chi connectivity index (χ2v) is 11.1. The van der Waals surface area contributed by atoms with Crippen LogP contribution in [-0.2, 0) is 0 Å². The van der Waals surface area contributed by atoms with Crippen LogP contribution < -0.4 is 0 Å². The number of nitrogens with zero attached hydrogens (tertiary/aromatic N) is 3. The molecule has 0 aromatic heterocycles. The molecule has 0 bridgehead atoms. The van der Waals surface area contributed by atoms with Gasteiger partial charge in [0.25, 0.3) is 22.6 Å². The lowest BCUT2D eigenvalue weighted by atomic mass is 9.72. The molecule has 1 aliphatic heterocycles. The van der Waals surface area contributed by atoms with Crippen LogP contribution in [0.1, 0.15) is 41.5 Å². The zero-order valence-corrected chi connectivity index (χ0v) is 16.5. The molecule has 21 heavy (non-hydrogen) atoms. The summed E-state index contributed by atoms with van der Waals surface area (Å²) in [4.78, 5) is -0.703. The van der Waals surface area contributed by atoms with E-state index in [1.807, 2.05) is 0 Å². The molecule has 0 aromatic rings. The van der Waals surface area contributed by atoms with E-state index in [-0.39, 0.29) is 14.6 Å². The smallest absolute Gasteiger partial charge is 0.270 e. The highest BCUT2D eigenvalue weighted by Crippen LogP contribution is 2.20. The van der Waals surface area contributed by atoms with Gasteiger partial charge in [-0.3, -0.25) is 0 Å². The molecular weight excluding hydrogens is 325 g/mol. The summed E-state index contributed by atoms with van der Waals surface area (Å²) in [5, 5.41) is 0. The Morgan fingerprint density at radius 3 is 0.905 bits per heavy atom. The zero-order valence-electron chi connectivity index (χ0n) is 14.2. The van der Waals surface area contributed by atoms with Gasteiger partial charge in [-0.2, -0.15) is 0 Å². The summed E-state index contributed by atoms with van der Waals surface area (Å²) in [6.45, 7) is 14.8. The van der Waals surface area contributed by atoms with E-state index in [1.54, 1.807) is 0 Å². The molecule has 0 atom stereocenters. The maximum atomic E-state index is 6.40. The largest absolute Gasteiger partial charge is 0.362 e. The Morgan fingerprint density at radius 1 is 0.571 bits per heavy atom. The molecule has 1 fully saturated rings. The quantitative estimate of drug-likeness (QED) is 0.533. The molecule has 0 N–H and O–H groups in total. The SMILES string of the molecule is CC(C)(Cl)CN1BN(CC(C)(C)Cl)BN(CC(C)(C)Cl)B1. The van der Waals surface area contributed by atoms with Gasteiger partial charge >= 0.3 is 0 Å². The lowest BCUT2D eigenvalue weighted by Crippen LogP contribution is -2.65. The van der Waals surface area contributed by atoms with E-state index in [0.29, 0.717) is 0 Å². The van der Waals surface area contributed by atoms with E-state index in [0.717, 1.165) is 42.3 Å². The minimum absolute atomic E-state index is 0.234. The Hall–Kier alpha value is 0.945. The molecule has 120 valence electrons. The lowest BCUT2D eigenvalue weighted by molar-refractivity contribution is 0.417. The molecule has 9 heteroatoms. The van der Waals surface area contributed by atoms with Crippen LogP contribution in [0, 0.1) is 0 Å². The van der Waals surface area contributed by atoms with Crippen LogP contribution in [0.15, 0.2) is 0 Å². The Kier molecular flexibility index (Phi) is 6.88. The first kappa shape index (κ1) is 20.0. The number of halogens is 3. The summed E-state index contributed by atoms with van der Waals surface area (Å²) in [7, 11) is 2.68. The summed E-state index contributed by atoms with van der Waals surface area (Å²) < 4.78 is 7.09. The van der Waals surface area contributed by atoms with E-state index < -0.39 is 0 Å². The number of hydrogen-bond acceptors (Lipinski definition) is 3. The molecule has 1 rings (SSSR count). The van der Waals surface area contributed by atoms with Gasteiger partial charge in [0.05, 0.1) is 0 Å². The molecule has 0 aliphatic carbocycles. The van der Waals surface area contributed by atoms with Crippen molar-refractivity contribution in [3.8, 4) is 0 Å². The molecule has 3 nitrogen and oxygen atoms in total. The van der Waals surface area contributed by atoms with Gasteiger partial charge in [0.1, 0.15) is 0 Å². The Balaban J connectivity index is 2.73. The minimum Gasteiger partial charge on any atom is -0.362 e. The van der Waals surface area contributed by atoms with Gasteiger partial charge in [-0.25, -0.2) is 0 Å². The summed E-state index contributed by atoms with van der Waals surface area (Å²) >= 11 is 19.2. The molecule has 1 heterocycles. The Morgan fingerprint density at radius 2 is 0.762 bits per heavy atom. The molecule has 0 aromatic carbocycles. The predicted octanol–water partition coefficient (Wildman–Crippen LogP) is 1.76. The van der Waals surface area contributed by atoms with Crippen molar-refractivity contribution in [3.05, 3.63) is 0 Å². The van der Waals surface area contributed by atoms with E-state index in [9.17, 15) is 0 Å². The maximum Gasteiger partial charge on any atom is 0.270 e. The van der Waals surface area contributed by atoms with Crippen molar-refractivity contribution in [3.63, 3.8) is 0 Å². The summed E-state index contributed by atoms with van der Waals surface area (Å²) in [6.07, 6.45) is 0. The van der Waals surface area contributed by atoms with Crippen LogP contribution in [0.5, 0.6) is 0 Å². The van der Waals surface area contributed by atoms with Gasteiger partial charge in [-0.1, -0.05) is 0 Å². The highest BCUT2D eigenvalue weighted by molar-refractivity contribution is 6.65. The van der Waals surface area contributed by atoms with Crippen LogP contribution in [0.4, 0.5) is 0 Å². The van der Waals surface area contributed by atoms with E-state index >= 15 is 0 Å². The fraction of sp³-hybridized carbons (Fsp3) is 1.00. The first-order valence-corrected chi connectivity index (χ1v) is 8.61. The molecule has 0 saturated carbocycles. The normalized spacial score (nSPS) is 19.9. The number of alkyl halides is 3. The average molecular weight is 352 g/mol. The fourth-order valence-electron chi connectivity index (χ4n) is 2.88. The second kappa shape index (κ2) is 7.23. The first-order chi connectivity index (χ1) is 9.23.